The first-order valence-corrected chi connectivity index (χ1v) is 6.55. The van der Waals surface area contributed by atoms with Crippen molar-refractivity contribution in [2.75, 3.05) is 19.7 Å². The number of aliphatic hydroxyl groups excluding tert-OH is 1. The van der Waals surface area contributed by atoms with E-state index < -0.39 is 0 Å². The minimum atomic E-state index is -0.0301. The van der Waals surface area contributed by atoms with Crippen LogP contribution in [-0.4, -0.2) is 36.8 Å². The Labute approximate surface area is 125 Å². The molecule has 1 aliphatic heterocycles. The monoisotopic (exact) mass is 300 g/mol. The van der Waals surface area contributed by atoms with Crippen LogP contribution in [0.1, 0.15) is 17.5 Å². The highest BCUT2D eigenvalue weighted by Gasteiger charge is 2.16. The van der Waals surface area contributed by atoms with E-state index in [0.29, 0.717) is 19.6 Å². The van der Waals surface area contributed by atoms with Crippen LogP contribution in [-0.2, 0) is 22.7 Å². The van der Waals surface area contributed by atoms with Crippen LogP contribution in [0.25, 0.3) is 0 Å². The van der Waals surface area contributed by atoms with Gasteiger partial charge in [-0.05, 0) is 11.1 Å². The number of morpholine rings is 1. The maximum atomic E-state index is 11.8. The van der Waals surface area contributed by atoms with Crippen molar-refractivity contribution >= 4 is 18.3 Å². The average molecular weight is 301 g/mol. The SMILES string of the molecule is Cl.O=C(CC1CNCCO1)NCc1cccc(CO)c1. The fourth-order valence-electron chi connectivity index (χ4n) is 2.07. The lowest BCUT2D eigenvalue weighted by Crippen LogP contribution is -2.41. The van der Waals surface area contributed by atoms with Crippen LogP contribution >= 0.6 is 12.4 Å². The Bertz CT molecular complexity index is 423. The smallest absolute Gasteiger partial charge is 0.222 e. The number of amides is 1. The molecule has 0 radical (unpaired) electrons. The van der Waals surface area contributed by atoms with Gasteiger partial charge in [-0.3, -0.25) is 4.79 Å². The van der Waals surface area contributed by atoms with Gasteiger partial charge in [-0.25, -0.2) is 0 Å². The molecule has 0 aliphatic carbocycles. The fourth-order valence-corrected chi connectivity index (χ4v) is 2.07. The Kier molecular flexibility index (Phi) is 7.54. The number of carbonyl (C=O) groups is 1. The first-order valence-electron chi connectivity index (χ1n) is 6.55. The van der Waals surface area contributed by atoms with Crippen molar-refractivity contribution in [3.63, 3.8) is 0 Å². The van der Waals surface area contributed by atoms with Gasteiger partial charge in [0, 0.05) is 19.6 Å². The lowest BCUT2D eigenvalue weighted by atomic mass is 10.1. The van der Waals surface area contributed by atoms with Gasteiger partial charge in [-0.2, -0.15) is 0 Å². The van der Waals surface area contributed by atoms with Gasteiger partial charge in [-0.1, -0.05) is 24.3 Å². The summed E-state index contributed by atoms with van der Waals surface area (Å²) in [5, 5.41) is 15.1. The molecular weight excluding hydrogens is 280 g/mol. The number of benzene rings is 1. The molecule has 0 saturated carbocycles. The molecule has 1 aliphatic rings. The maximum Gasteiger partial charge on any atom is 0.222 e. The summed E-state index contributed by atoms with van der Waals surface area (Å²) >= 11 is 0. The third-order valence-electron chi connectivity index (χ3n) is 3.08. The summed E-state index contributed by atoms with van der Waals surface area (Å²) in [6.07, 6.45) is 0.352. The van der Waals surface area contributed by atoms with E-state index in [1.54, 1.807) is 0 Å². The van der Waals surface area contributed by atoms with Crippen LogP contribution in [0.4, 0.5) is 0 Å². The van der Waals surface area contributed by atoms with Gasteiger partial charge >= 0.3 is 0 Å². The summed E-state index contributed by atoms with van der Waals surface area (Å²) < 4.78 is 5.48. The molecular formula is C14H21ClN2O3. The van der Waals surface area contributed by atoms with E-state index >= 15 is 0 Å². The van der Waals surface area contributed by atoms with Crippen molar-refractivity contribution < 1.29 is 14.6 Å². The first-order chi connectivity index (χ1) is 9.28. The van der Waals surface area contributed by atoms with Gasteiger partial charge < -0.3 is 20.5 Å². The molecule has 1 heterocycles. The molecule has 6 heteroatoms. The van der Waals surface area contributed by atoms with Crippen LogP contribution in [0.5, 0.6) is 0 Å². The quantitative estimate of drug-likeness (QED) is 0.744. The fraction of sp³-hybridized carbons (Fsp3) is 0.500. The summed E-state index contributed by atoms with van der Waals surface area (Å²) in [6.45, 7) is 2.74. The Morgan fingerprint density at radius 3 is 2.95 bits per heavy atom. The van der Waals surface area contributed by atoms with Crippen LogP contribution in [0.2, 0.25) is 0 Å². The summed E-state index contributed by atoms with van der Waals surface area (Å²) in [5.41, 5.74) is 1.84. The van der Waals surface area contributed by atoms with Gasteiger partial charge in [0.2, 0.25) is 5.91 Å². The number of hydrogen-bond donors (Lipinski definition) is 3. The Hall–Kier alpha value is -1.14. The normalized spacial score (nSPS) is 18.1. The highest BCUT2D eigenvalue weighted by Crippen LogP contribution is 2.06. The van der Waals surface area contributed by atoms with Crippen molar-refractivity contribution in [1.29, 1.82) is 0 Å². The lowest BCUT2D eigenvalue weighted by Gasteiger charge is -2.23. The van der Waals surface area contributed by atoms with Crippen molar-refractivity contribution in [1.82, 2.24) is 10.6 Å². The number of aliphatic hydroxyl groups is 1. The number of hydrogen-bond acceptors (Lipinski definition) is 4. The molecule has 0 aromatic heterocycles. The Morgan fingerprint density at radius 2 is 2.25 bits per heavy atom. The molecule has 20 heavy (non-hydrogen) atoms. The zero-order valence-electron chi connectivity index (χ0n) is 11.3. The molecule has 0 spiro atoms. The van der Waals surface area contributed by atoms with Crippen molar-refractivity contribution in [2.24, 2.45) is 0 Å². The second-order valence-corrected chi connectivity index (χ2v) is 4.66. The van der Waals surface area contributed by atoms with Gasteiger partial charge in [0.15, 0.2) is 0 Å². The summed E-state index contributed by atoms with van der Waals surface area (Å²) in [4.78, 5) is 11.8. The van der Waals surface area contributed by atoms with Gasteiger partial charge in [0.25, 0.3) is 0 Å². The Balaban J connectivity index is 0.00000200. The molecule has 1 atom stereocenters. The second-order valence-electron chi connectivity index (χ2n) is 4.66. The highest BCUT2D eigenvalue weighted by atomic mass is 35.5. The lowest BCUT2D eigenvalue weighted by molar-refractivity contribution is -0.124. The Morgan fingerprint density at radius 1 is 1.45 bits per heavy atom. The van der Waals surface area contributed by atoms with E-state index in [9.17, 15) is 4.79 Å². The van der Waals surface area contributed by atoms with E-state index in [4.69, 9.17) is 9.84 Å². The van der Waals surface area contributed by atoms with Crippen molar-refractivity contribution in [2.45, 2.75) is 25.7 Å². The predicted molar refractivity (Wildman–Crippen MR) is 78.7 cm³/mol. The molecule has 1 fully saturated rings. The maximum absolute atomic E-state index is 11.8. The largest absolute Gasteiger partial charge is 0.392 e. The molecule has 1 saturated heterocycles. The first kappa shape index (κ1) is 16.9. The molecule has 1 aromatic rings. The molecule has 0 bridgehead atoms. The summed E-state index contributed by atoms with van der Waals surface area (Å²) in [7, 11) is 0. The topological polar surface area (TPSA) is 70.6 Å². The molecule has 2 rings (SSSR count). The zero-order valence-corrected chi connectivity index (χ0v) is 12.1. The molecule has 5 nitrogen and oxygen atoms in total. The number of rotatable bonds is 5. The standard InChI is InChI=1S/C14H20N2O3.ClH/c17-10-12-3-1-2-11(6-12)8-16-14(18)7-13-9-15-4-5-19-13;/h1-3,6,13,15,17H,4-5,7-10H2,(H,16,18);1H. The van der Waals surface area contributed by atoms with E-state index in [-0.39, 0.29) is 31.0 Å². The number of nitrogens with one attached hydrogen (secondary N) is 2. The average Bonchev–Trinajstić information content (AvgIpc) is 2.46. The zero-order chi connectivity index (χ0) is 13.5. The van der Waals surface area contributed by atoms with Gasteiger partial charge in [-0.15, -0.1) is 12.4 Å². The van der Waals surface area contributed by atoms with Gasteiger partial charge in [0.1, 0.15) is 0 Å². The molecule has 3 N–H and O–H groups in total. The van der Waals surface area contributed by atoms with Crippen LogP contribution in [0.3, 0.4) is 0 Å². The van der Waals surface area contributed by atoms with Crippen LogP contribution < -0.4 is 10.6 Å². The predicted octanol–water partition coefficient (Wildman–Crippen LogP) is 0.595. The van der Waals surface area contributed by atoms with Gasteiger partial charge in [0.05, 0.1) is 25.7 Å². The third-order valence-corrected chi connectivity index (χ3v) is 3.08. The molecule has 1 aromatic carbocycles. The van der Waals surface area contributed by atoms with E-state index in [0.717, 1.165) is 24.2 Å². The van der Waals surface area contributed by atoms with Crippen LogP contribution in [0, 0.1) is 0 Å². The molecule has 1 unspecified atom stereocenters. The number of ether oxygens (including phenoxy) is 1. The number of carbonyl (C=O) groups excluding carboxylic acids is 1. The molecule has 112 valence electrons. The van der Waals surface area contributed by atoms with Crippen molar-refractivity contribution in [3.05, 3.63) is 35.4 Å². The van der Waals surface area contributed by atoms with Crippen LogP contribution in [0.15, 0.2) is 24.3 Å². The molecule has 1 amide bonds. The minimum Gasteiger partial charge on any atom is -0.392 e. The van der Waals surface area contributed by atoms with E-state index in [2.05, 4.69) is 10.6 Å². The minimum absolute atomic E-state index is 0. The number of halogens is 1. The van der Waals surface area contributed by atoms with E-state index in [1.807, 2.05) is 24.3 Å². The van der Waals surface area contributed by atoms with E-state index in [1.165, 1.54) is 0 Å². The summed E-state index contributed by atoms with van der Waals surface area (Å²) in [5.74, 6) is -0.0110. The second kappa shape index (κ2) is 8.92. The highest BCUT2D eigenvalue weighted by molar-refractivity contribution is 5.85. The van der Waals surface area contributed by atoms with Crippen molar-refractivity contribution in [3.8, 4) is 0 Å². The third kappa shape index (κ3) is 5.46. The summed E-state index contributed by atoms with van der Waals surface area (Å²) in [6, 6.07) is 7.55.